The lowest BCUT2D eigenvalue weighted by molar-refractivity contribution is -0.129. The van der Waals surface area contributed by atoms with Crippen LogP contribution < -0.4 is 0 Å². The Labute approximate surface area is 155 Å². The second-order valence-electron chi connectivity index (χ2n) is 5.92. The van der Waals surface area contributed by atoms with Gasteiger partial charge in [-0.1, -0.05) is 54.1 Å². The number of rotatable bonds is 2. The third-order valence-corrected chi connectivity index (χ3v) is 4.56. The van der Waals surface area contributed by atoms with Crippen LogP contribution in [0.3, 0.4) is 0 Å². The van der Waals surface area contributed by atoms with Crippen molar-refractivity contribution >= 4 is 29.2 Å². The molecule has 2 atom stereocenters. The van der Waals surface area contributed by atoms with Gasteiger partial charge in [-0.05, 0) is 23.8 Å². The Morgan fingerprint density at radius 1 is 1.08 bits per heavy atom. The number of amides is 1. The van der Waals surface area contributed by atoms with E-state index in [9.17, 15) is 10.1 Å². The second-order valence-corrected chi connectivity index (χ2v) is 6.36. The molecule has 2 aromatic rings. The van der Waals surface area contributed by atoms with Crippen LogP contribution in [0.5, 0.6) is 0 Å². The Hall–Kier alpha value is -3.23. The smallest absolute Gasteiger partial charge is 0.253 e. The van der Waals surface area contributed by atoms with Crippen LogP contribution in [0.15, 0.2) is 76.9 Å². The van der Waals surface area contributed by atoms with E-state index in [4.69, 9.17) is 11.6 Å². The standard InChI is InChI=1S/C20H13ClN4O/c21-15-8-6-14(7-9-15)18-16(12-22)19(26)25-11-10-17(23-20(25)24-18)13-4-2-1-3-5-13/h1-11,16,18H. The molecule has 26 heavy (non-hydrogen) atoms. The highest BCUT2D eigenvalue weighted by Crippen LogP contribution is 2.33. The van der Waals surface area contributed by atoms with Crippen LogP contribution in [0.2, 0.25) is 5.02 Å². The lowest BCUT2D eigenvalue weighted by Crippen LogP contribution is -2.44. The van der Waals surface area contributed by atoms with E-state index in [1.165, 1.54) is 4.90 Å². The van der Waals surface area contributed by atoms with Gasteiger partial charge in [-0.15, -0.1) is 0 Å². The third kappa shape index (κ3) is 2.81. The highest BCUT2D eigenvalue weighted by molar-refractivity contribution is 6.30. The van der Waals surface area contributed by atoms with Gasteiger partial charge >= 0.3 is 0 Å². The van der Waals surface area contributed by atoms with Crippen LogP contribution in [0.4, 0.5) is 0 Å². The Morgan fingerprint density at radius 2 is 1.81 bits per heavy atom. The number of hydrogen-bond acceptors (Lipinski definition) is 4. The molecule has 0 N–H and O–H groups in total. The van der Waals surface area contributed by atoms with Crippen LogP contribution in [-0.2, 0) is 4.79 Å². The van der Waals surface area contributed by atoms with Gasteiger partial charge in [-0.2, -0.15) is 5.26 Å². The Bertz CT molecular complexity index is 987. The van der Waals surface area contributed by atoms with Crippen molar-refractivity contribution < 1.29 is 4.79 Å². The zero-order valence-electron chi connectivity index (χ0n) is 13.6. The van der Waals surface area contributed by atoms with Crippen molar-refractivity contribution in [2.24, 2.45) is 15.9 Å². The largest absolute Gasteiger partial charge is 0.272 e. The summed E-state index contributed by atoms with van der Waals surface area (Å²) in [5.74, 6) is -0.939. The molecule has 126 valence electrons. The van der Waals surface area contributed by atoms with E-state index in [1.807, 2.05) is 30.3 Å². The molecule has 2 aliphatic heterocycles. The first-order valence-electron chi connectivity index (χ1n) is 8.05. The summed E-state index contributed by atoms with van der Waals surface area (Å²) in [6, 6.07) is 18.1. The van der Waals surface area contributed by atoms with Gasteiger partial charge in [-0.3, -0.25) is 9.69 Å². The predicted molar refractivity (Wildman–Crippen MR) is 99.7 cm³/mol. The second kappa shape index (κ2) is 6.58. The van der Waals surface area contributed by atoms with Crippen molar-refractivity contribution in [2.75, 3.05) is 0 Å². The summed E-state index contributed by atoms with van der Waals surface area (Å²) in [7, 11) is 0. The molecule has 1 amide bonds. The molecule has 0 aromatic heterocycles. The van der Waals surface area contributed by atoms with Crippen molar-refractivity contribution in [1.82, 2.24) is 4.90 Å². The van der Waals surface area contributed by atoms with Crippen LogP contribution in [0, 0.1) is 17.2 Å². The quantitative estimate of drug-likeness (QED) is 0.818. The van der Waals surface area contributed by atoms with Crippen LogP contribution in [0.1, 0.15) is 17.2 Å². The number of aliphatic imine (C=N–C) groups is 2. The highest BCUT2D eigenvalue weighted by Gasteiger charge is 2.39. The molecule has 0 radical (unpaired) electrons. The molecule has 5 nitrogen and oxygen atoms in total. The molecule has 2 aliphatic rings. The summed E-state index contributed by atoms with van der Waals surface area (Å²) in [6.45, 7) is 0. The fourth-order valence-electron chi connectivity index (χ4n) is 2.98. The Balaban J connectivity index is 1.78. The fourth-order valence-corrected chi connectivity index (χ4v) is 3.11. The lowest BCUT2D eigenvalue weighted by Gasteiger charge is -2.31. The zero-order chi connectivity index (χ0) is 18.1. The first-order chi connectivity index (χ1) is 12.7. The number of nitrogens with zero attached hydrogens (tertiary/aromatic N) is 4. The van der Waals surface area contributed by atoms with Gasteiger partial charge in [-0.25, -0.2) is 9.98 Å². The van der Waals surface area contributed by atoms with E-state index in [-0.39, 0.29) is 5.91 Å². The third-order valence-electron chi connectivity index (χ3n) is 4.31. The summed E-state index contributed by atoms with van der Waals surface area (Å²) in [5.41, 5.74) is 2.41. The molecule has 0 bridgehead atoms. The molecule has 6 heteroatoms. The van der Waals surface area contributed by atoms with E-state index in [0.717, 1.165) is 16.8 Å². The van der Waals surface area contributed by atoms with E-state index >= 15 is 0 Å². The summed E-state index contributed by atoms with van der Waals surface area (Å²) in [5, 5.41) is 10.1. The maximum absolute atomic E-state index is 12.8. The van der Waals surface area contributed by atoms with Gasteiger partial charge in [0.15, 0.2) is 5.92 Å². The molecule has 0 fully saturated rings. The fraction of sp³-hybridized carbons (Fsp3) is 0.100. The van der Waals surface area contributed by atoms with Crippen LogP contribution >= 0.6 is 11.6 Å². The minimum absolute atomic E-state index is 0.294. The number of allylic oxidation sites excluding steroid dienone is 1. The number of halogens is 1. The summed E-state index contributed by atoms with van der Waals surface area (Å²) >= 11 is 5.94. The maximum atomic E-state index is 12.8. The maximum Gasteiger partial charge on any atom is 0.253 e. The van der Waals surface area contributed by atoms with Crippen molar-refractivity contribution in [3.8, 4) is 6.07 Å². The number of benzene rings is 2. The summed E-state index contributed by atoms with van der Waals surface area (Å²) < 4.78 is 0. The number of carbonyl (C=O) groups excluding carboxylic acids is 1. The topological polar surface area (TPSA) is 68.8 Å². The molecule has 0 spiro atoms. The zero-order valence-corrected chi connectivity index (χ0v) is 14.3. The number of hydrogen-bond donors (Lipinski definition) is 0. The number of carbonyl (C=O) groups is 1. The normalized spacial score (nSPS) is 21.5. The van der Waals surface area contributed by atoms with Gasteiger partial charge < -0.3 is 0 Å². The molecule has 2 aromatic carbocycles. The Kier molecular flexibility index (Phi) is 4.11. The van der Waals surface area contributed by atoms with Gasteiger partial charge in [0.2, 0.25) is 5.96 Å². The van der Waals surface area contributed by atoms with Crippen LogP contribution in [-0.4, -0.2) is 22.5 Å². The molecular formula is C20H13ClN4O. The first-order valence-corrected chi connectivity index (χ1v) is 8.43. The van der Waals surface area contributed by atoms with Gasteiger partial charge in [0.05, 0.1) is 11.8 Å². The predicted octanol–water partition coefficient (Wildman–Crippen LogP) is 3.74. The molecular weight excluding hydrogens is 348 g/mol. The SMILES string of the molecule is N#CC1C(=O)N2C=CC(c3ccccc3)=NC2=NC1c1ccc(Cl)cc1. The van der Waals surface area contributed by atoms with Crippen molar-refractivity contribution in [3.63, 3.8) is 0 Å². The minimum atomic E-state index is -0.905. The van der Waals surface area contributed by atoms with E-state index in [0.29, 0.717) is 11.0 Å². The Morgan fingerprint density at radius 3 is 2.50 bits per heavy atom. The highest BCUT2D eigenvalue weighted by atomic mass is 35.5. The number of nitriles is 1. The number of guanidine groups is 1. The molecule has 2 heterocycles. The van der Waals surface area contributed by atoms with Crippen molar-refractivity contribution in [3.05, 3.63) is 83.0 Å². The average molecular weight is 361 g/mol. The molecule has 4 rings (SSSR count). The lowest BCUT2D eigenvalue weighted by atomic mass is 9.92. The molecule has 0 saturated heterocycles. The van der Waals surface area contributed by atoms with Gasteiger partial charge in [0.1, 0.15) is 6.04 Å². The van der Waals surface area contributed by atoms with Crippen LogP contribution in [0.25, 0.3) is 0 Å². The van der Waals surface area contributed by atoms with Crippen molar-refractivity contribution in [2.45, 2.75) is 6.04 Å². The summed E-state index contributed by atoms with van der Waals surface area (Å²) in [6.07, 6.45) is 3.38. The monoisotopic (exact) mass is 360 g/mol. The molecule has 2 unspecified atom stereocenters. The molecule has 0 aliphatic carbocycles. The van der Waals surface area contributed by atoms with Gasteiger partial charge in [0, 0.05) is 16.8 Å². The van der Waals surface area contributed by atoms with Crippen molar-refractivity contribution in [1.29, 1.82) is 5.26 Å². The first kappa shape index (κ1) is 16.2. The molecule has 0 saturated carbocycles. The minimum Gasteiger partial charge on any atom is -0.272 e. The van der Waals surface area contributed by atoms with E-state index < -0.39 is 12.0 Å². The van der Waals surface area contributed by atoms with Gasteiger partial charge in [0.25, 0.3) is 5.91 Å². The number of fused-ring (bicyclic) bond motifs is 1. The summed E-state index contributed by atoms with van der Waals surface area (Å²) in [4.78, 5) is 23.2. The average Bonchev–Trinajstić information content (AvgIpc) is 2.69. The van der Waals surface area contributed by atoms with E-state index in [2.05, 4.69) is 16.1 Å². The van der Waals surface area contributed by atoms with E-state index in [1.54, 1.807) is 36.5 Å².